The second-order valence-electron chi connectivity index (χ2n) is 6.65. The quantitative estimate of drug-likeness (QED) is 0.818. The number of halogens is 1. The standard InChI is InChI=1S/C18H28N2O2.ClH/c1-14(2)22-16-9-5-4-8-15(16)20-17(21)12-18(13-19)10-6-3-7-11-18;/h4-5,8-9,14H,3,6-7,10-13,19H2,1-2H3,(H,20,21);1H. The summed E-state index contributed by atoms with van der Waals surface area (Å²) in [6.07, 6.45) is 6.30. The average Bonchev–Trinajstić information content (AvgIpc) is 2.49. The van der Waals surface area contributed by atoms with Gasteiger partial charge in [0.1, 0.15) is 5.75 Å². The zero-order chi connectivity index (χ0) is 16.0. The van der Waals surface area contributed by atoms with Crippen LogP contribution in [0.4, 0.5) is 5.69 Å². The van der Waals surface area contributed by atoms with E-state index in [0.29, 0.717) is 13.0 Å². The van der Waals surface area contributed by atoms with Crippen molar-refractivity contribution in [3.63, 3.8) is 0 Å². The molecule has 0 spiro atoms. The van der Waals surface area contributed by atoms with Crippen LogP contribution < -0.4 is 15.8 Å². The SMILES string of the molecule is CC(C)Oc1ccccc1NC(=O)CC1(CN)CCCCC1.Cl. The predicted octanol–water partition coefficient (Wildman–Crippen LogP) is 4.13. The van der Waals surface area contributed by atoms with E-state index >= 15 is 0 Å². The van der Waals surface area contributed by atoms with Crippen molar-refractivity contribution in [1.29, 1.82) is 0 Å². The summed E-state index contributed by atoms with van der Waals surface area (Å²) in [5.74, 6) is 0.753. The fourth-order valence-electron chi connectivity index (χ4n) is 3.22. The molecule has 1 amide bonds. The summed E-state index contributed by atoms with van der Waals surface area (Å²) in [4.78, 5) is 12.5. The van der Waals surface area contributed by atoms with Gasteiger partial charge < -0.3 is 15.8 Å². The lowest BCUT2D eigenvalue weighted by molar-refractivity contribution is -0.118. The molecule has 23 heavy (non-hydrogen) atoms. The van der Waals surface area contributed by atoms with Gasteiger partial charge in [0.25, 0.3) is 0 Å². The molecule has 2 rings (SSSR count). The first kappa shape index (κ1) is 19.8. The molecule has 0 saturated heterocycles. The molecule has 0 bridgehead atoms. The normalized spacial score (nSPS) is 16.5. The van der Waals surface area contributed by atoms with Crippen LogP contribution in [0.25, 0.3) is 0 Å². The van der Waals surface area contributed by atoms with Crippen LogP contribution in [0.2, 0.25) is 0 Å². The summed E-state index contributed by atoms with van der Waals surface area (Å²) in [6, 6.07) is 7.58. The number of hydrogen-bond donors (Lipinski definition) is 2. The van der Waals surface area contributed by atoms with E-state index in [2.05, 4.69) is 5.32 Å². The molecule has 1 fully saturated rings. The maximum absolute atomic E-state index is 12.5. The minimum absolute atomic E-state index is 0. The zero-order valence-corrected chi connectivity index (χ0v) is 15.0. The van der Waals surface area contributed by atoms with Gasteiger partial charge in [0.15, 0.2) is 0 Å². The molecule has 0 radical (unpaired) electrons. The molecule has 4 nitrogen and oxygen atoms in total. The number of nitrogens with two attached hydrogens (primary N) is 1. The Morgan fingerprint density at radius 3 is 2.52 bits per heavy atom. The molecule has 0 aliphatic heterocycles. The number of ether oxygens (including phenoxy) is 1. The van der Waals surface area contributed by atoms with Crippen molar-refractivity contribution in [2.24, 2.45) is 11.1 Å². The van der Waals surface area contributed by atoms with Crippen molar-refractivity contribution in [2.75, 3.05) is 11.9 Å². The number of carbonyl (C=O) groups is 1. The van der Waals surface area contributed by atoms with Crippen molar-refractivity contribution >= 4 is 24.0 Å². The monoisotopic (exact) mass is 340 g/mol. The molecule has 0 heterocycles. The summed E-state index contributed by atoms with van der Waals surface area (Å²) >= 11 is 0. The predicted molar refractivity (Wildman–Crippen MR) is 97.3 cm³/mol. The molecule has 3 N–H and O–H groups in total. The number of rotatable bonds is 6. The molecule has 1 aliphatic rings. The molecule has 5 heteroatoms. The molecule has 130 valence electrons. The highest BCUT2D eigenvalue weighted by molar-refractivity contribution is 5.92. The van der Waals surface area contributed by atoms with Crippen LogP contribution in [0.1, 0.15) is 52.4 Å². The second-order valence-corrected chi connectivity index (χ2v) is 6.65. The Morgan fingerprint density at radius 2 is 1.91 bits per heavy atom. The topological polar surface area (TPSA) is 64.3 Å². The lowest BCUT2D eigenvalue weighted by Crippen LogP contribution is -2.36. The first-order chi connectivity index (χ1) is 10.5. The van der Waals surface area contributed by atoms with Crippen LogP contribution in [-0.4, -0.2) is 18.6 Å². The second kappa shape index (κ2) is 9.14. The Labute approximate surface area is 145 Å². The van der Waals surface area contributed by atoms with Crippen LogP contribution in [0, 0.1) is 5.41 Å². The van der Waals surface area contributed by atoms with E-state index < -0.39 is 0 Å². The van der Waals surface area contributed by atoms with Gasteiger partial charge in [0.05, 0.1) is 11.8 Å². The molecule has 0 aromatic heterocycles. The Hall–Kier alpha value is -1.26. The minimum atomic E-state index is -0.0177. The third kappa shape index (κ3) is 5.70. The summed E-state index contributed by atoms with van der Waals surface area (Å²) in [5, 5.41) is 3.00. The van der Waals surface area contributed by atoms with Gasteiger partial charge >= 0.3 is 0 Å². The third-order valence-electron chi connectivity index (χ3n) is 4.41. The van der Waals surface area contributed by atoms with Crippen molar-refractivity contribution in [2.45, 2.75) is 58.5 Å². The molecule has 1 saturated carbocycles. The van der Waals surface area contributed by atoms with Gasteiger partial charge in [0, 0.05) is 6.42 Å². The molecule has 1 aliphatic carbocycles. The van der Waals surface area contributed by atoms with Crippen LogP contribution >= 0.6 is 12.4 Å². The highest BCUT2D eigenvalue weighted by atomic mass is 35.5. The maximum atomic E-state index is 12.5. The van der Waals surface area contributed by atoms with Crippen molar-refractivity contribution < 1.29 is 9.53 Å². The summed E-state index contributed by atoms with van der Waals surface area (Å²) < 4.78 is 5.75. The Bertz CT molecular complexity index is 500. The summed E-state index contributed by atoms with van der Waals surface area (Å²) in [5.41, 5.74) is 6.69. The van der Waals surface area contributed by atoms with Crippen molar-refractivity contribution in [3.8, 4) is 5.75 Å². The van der Waals surface area contributed by atoms with E-state index in [1.54, 1.807) is 0 Å². The van der Waals surface area contributed by atoms with E-state index in [0.717, 1.165) is 24.3 Å². The van der Waals surface area contributed by atoms with Crippen LogP contribution in [0.5, 0.6) is 5.75 Å². The molecule has 0 atom stereocenters. The van der Waals surface area contributed by atoms with E-state index in [-0.39, 0.29) is 29.8 Å². The van der Waals surface area contributed by atoms with Gasteiger partial charge in [-0.3, -0.25) is 4.79 Å². The van der Waals surface area contributed by atoms with Crippen molar-refractivity contribution in [1.82, 2.24) is 0 Å². The van der Waals surface area contributed by atoms with E-state index in [1.165, 1.54) is 19.3 Å². The lowest BCUT2D eigenvalue weighted by Gasteiger charge is -2.35. The number of benzene rings is 1. The fraction of sp³-hybridized carbons (Fsp3) is 0.611. The molecular formula is C18H29ClN2O2. The van der Waals surface area contributed by atoms with Gasteiger partial charge in [0.2, 0.25) is 5.91 Å². The number of amides is 1. The van der Waals surface area contributed by atoms with Crippen LogP contribution in [0.15, 0.2) is 24.3 Å². The van der Waals surface area contributed by atoms with Crippen LogP contribution in [0.3, 0.4) is 0 Å². The minimum Gasteiger partial charge on any atom is -0.489 e. The van der Waals surface area contributed by atoms with Crippen molar-refractivity contribution in [3.05, 3.63) is 24.3 Å². The Morgan fingerprint density at radius 1 is 1.26 bits per heavy atom. The maximum Gasteiger partial charge on any atom is 0.225 e. The highest BCUT2D eigenvalue weighted by Gasteiger charge is 2.33. The van der Waals surface area contributed by atoms with Gasteiger partial charge in [-0.1, -0.05) is 31.4 Å². The third-order valence-corrected chi connectivity index (χ3v) is 4.41. The number of para-hydroxylation sites is 2. The summed E-state index contributed by atoms with van der Waals surface area (Å²) in [7, 11) is 0. The molecule has 0 unspecified atom stereocenters. The van der Waals surface area contributed by atoms with E-state index in [1.807, 2.05) is 38.1 Å². The smallest absolute Gasteiger partial charge is 0.225 e. The fourth-order valence-corrected chi connectivity index (χ4v) is 3.22. The largest absolute Gasteiger partial charge is 0.489 e. The van der Waals surface area contributed by atoms with E-state index in [4.69, 9.17) is 10.5 Å². The summed E-state index contributed by atoms with van der Waals surface area (Å²) in [6.45, 7) is 4.54. The first-order valence-electron chi connectivity index (χ1n) is 8.30. The molecular weight excluding hydrogens is 312 g/mol. The van der Waals surface area contributed by atoms with E-state index in [9.17, 15) is 4.79 Å². The number of anilines is 1. The highest BCUT2D eigenvalue weighted by Crippen LogP contribution is 2.38. The average molecular weight is 341 g/mol. The Kier molecular flexibility index (Phi) is 7.86. The Balaban J connectivity index is 0.00000264. The van der Waals surface area contributed by atoms with Gasteiger partial charge in [-0.2, -0.15) is 0 Å². The molecule has 1 aromatic carbocycles. The first-order valence-corrected chi connectivity index (χ1v) is 8.30. The lowest BCUT2D eigenvalue weighted by atomic mass is 9.71. The number of carbonyl (C=O) groups excluding carboxylic acids is 1. The molecule has 1 aromatic rings. The number of nitrogens with one attached hydrogen (secondary N) is 1. The van der Waals surface area contributed by atoms with Gasteiger partial charge in [-0.15, -0.1) is 12.4 Å². The zero-order valence-electron chi connectivity index (χ0n) is 14.1. The van der Waals surface area contributed by atoms with Gasteiger partial charge in [-0.05, 0) is 50.8 Å². The van der Waals surface area contributed by atoms with Gasteiger partial charge in [-0.25, -0.2) is 0 Å². The van der Waals surface area contributed by atoms with Crippen LogP contribution in [-0.2, 0) is 4.79 Å². The number of hydrogen-bond acceptors (Lipinski definition) is 3.